The van der Waals surface area contributed by atoms with E-state index in [-0.39, 0.29) is 25.0 Å². The fourth-order valence-electron chi connectivity index (χ4n) is 4.61. The van der Waals surface area contributed by atoms with Gasteiger partial charge < -0.3 is 5.32 Å². The second kappa shape index (κ2) is 9.28. The molecule has 0 aromatic heterocycles. The molecule has 2 amide bonds. The minimum absolute atomic E-state index is 0.0509. The van der Waals surface area contributed by atoms with Gasteiger partial charge in [-0.1, -0.05) is 38.2 Å². The van der Waals surface area contributed by atoms with E-state index in [1.54, 1.807) is 6.92 Å². The highest BCUT2D eigenvalue weighted by Crippen LogP contribution is 2.32. The molecule has 3 rings (SSSR count). The van der Waals surface area contributed by atoms with E-state index in [0.717, 1.165) is 47.4 Å². The van der Waals surface area contributed by atoms with Gasteiger partial charge in [-0.15, -0.1) is 0 Å². The molecule has 1 saturated carbocycles. The van der Waals surface area contributed by atoms with Crippen molar-refractivity contribution in [1.29, 1.82) is 0 Å². The van der Waals surface area contributed by atoms with Crippen molar-refractivity contribution in [3.05, 3.63) is 29.3 Å². The van der Waals surface area contributed by atoms with Gasteiger partial charge >= 0.3 is 0 Å². The molecule has 0 spiro atoms. The number of carbonyl (C=O) groups excluding carboxylic acids is 2. The van der Waals surface area contributed by atoms with Gasteiger partial charge in [0.05, 0.1) is 12.8 Å². The Hall–Kier alpha value is -1.93. The average molecular weight is 450 g/mol. The molecule has 31 heavy (non-hydrogen) atoms. The summed E-state index contributed by atoms with van der Waals surface area (Å²) in [4.78, 5) is 28.3. The lowest BCUT2D eigenvalue weighted by Gasteiger charge is -2.47. The number of aryl methyl sites for hydroxylation is 2. The van der Waals surface area contributed by atoms with Crippen molar-refractivity contribution in [2.75, 3.05) is 24.2 Å². The van der Waals surface area contributed by atoms with Crippen molar-refractivity contribution in [3.8, 4) is 0 Å². The third kappa shape index (κ3) is 5.29. The Morgan fingerprint density at radius 2 is 1.68 bits per heavy atom. The molecule has 172 valence electrons. The van der Waals surface area contributed by atoms with Gasteiger partial charge in [0.1, 0.15) is 5.54 Å². The van der Waals surface area contributed by atoms with Gasteiger partial charge in [-0.3, -0.25) is 14.5 Å². The van der Waals surface area contributed by atoms with Crippen molar-refractivity contribution in [2.45, 2.75) is 77.3 Å². The van der Waals surface area contributed by atoms with Crippen LogP contribution in [0.25, 0.3) is 0 Å². The highest BCUT2D eigenvalue weighted by molar-refractivity contribution is 7.88. The first-order valence-corrected chi connectivity index (χ1v) is 13.0. The second-order valence-corrected chi connectivity index (χ2v) is 11.3. The molecular formula is C23H35N3O4S. The molecule has 2 fully saturated rings. The van der Waals surface area contributed by atoms with Crippen LogP contribution in [0.5, 0.6) is 0 Å². The maximum atomic E-state index is 13.6. The standard InChI is InChI=1S/C23H35N3O4S/c1-17-12-13-20(14-18(17)2)26-21(27)15-25(31(4,29)30)16-23(26,3)22(28)24-19-10-8-6-5-7-9-11-19/h12-14,19H,5-11,15-16H2,1-4H3,(H,24,28)/t23-/m0/s1. The van der Waals surface area contributed by atoms with Crippen LogP contribution in [0.3, 0.4) is 0 Å². The van der Waals surface area contributed by atoms with Crippen LogP contribution in [0.2, 0.25) is 0 Å². The molecule has 2 aliphatic rings. The summed E-state index contributed by atoms with van der Waals surface area (Å²) in [6, 6.07) is 5.70. The lowest BCUT2D eigenvalue weighted by molar-refractivity contribution is -0.133. The molecule has 1 N–H and O–H groups in total. The molecule has 1 aromatic rings. The molecule has 1 aromatic carbocycles. The topological polar surface area (TPSA) is 86.8 Å². The fourth-order valence-corrected chi connectivity index (χ4v) is 5.44. The minimum Gasteiger partial charge on any atom is -0.351 e. The molecule has 1 aliphatic carbocycles. The quantitative estimate of drug-likeness (QED) is 0.766. The zero-order chi connectivity index (χ0) is 22.8. The Labute approximate surface area is 186 Å². The molecule has 0 radical (unpaired) electrons. The van der Waals surface area contributed by atoms with Gasteiger partial charge in [-0.05, 0) is 56.9 Å². The second-order valence-electron chi connectivity index (χ2n) is 9.32. The van der Waals surface area contributed by atoms with Crippen molar-refractivity contribution < 1.29 is 18.0 Å². The van der Waals surface area contributed by atoms with E-state index in [0.29, 0.717) is 5.69 Å². The lowest BCUT2D eigenvalue weighted by atomic mass is 9.91. The number of sulfonamides is 1. The largest absolute Gasteiger partial charge is 0.351 e. The number of anilines is 1. The zero-order valence-electron chi connectivity index (χ0n) is 19.1. The minimum atomic E-state index is -3.62. The molecule has 7 nitrogen and oxygen atoms in total. The normalized spacial score (nSPS) is 24.5. The molecule has 0 bridgehead atoms. The SMILES string of the molecule is Cc1ccc(N2C(=O)CN(S(C)(=O)=O)C[C@@]2(C)C(=O)NC2CCCCCCC2)cc1C. The molecule has 1 atom stereocenters. The predicted molar refractivity (Wildman–Crippen MR) is 122 cm³/mol. The van der Waals surface area contributed by atoms with Gasteiger partial charge in [0.15, 0.2) is 0 Å². The monoisotopic (exact) mass is 449 g/mol. The van der Waals surface area contributed by atoms with Gasteiger partial charge in [0, 0.05) is 18.3 Å². The van der Waals surface area contributed by atoms with E-state index < -0.39 is 21.5 Å². The summed E-state index contributed by atoms with van der Waals surface area (Å²) in [7, 11) is -3.62. The van der Waals surface area contributed by atoms with Crippen LogP contribution in [0.4, 0.5) is 5.69 Å². The molecule has 8 heteroatoms. The van der Waals surface area contributed by atoms with E-state index >= 15 is 0 Å². The first-order valence-electron chi connectivity index (χ1n) is 11.2. The van der Waals surface area contributed by atoms with Crippen molar-refractivity contribution in [1.82, 2.24) is 9.62 Å². The Morgan fingerprint density at radius 3 is 2.26 bits per heavy atom. The highest BCUT2D eigenvalue weighted by Gasteiger charge is 2.50. The average Bonchev–Trinajstić information content (AvgIpc) is 2.65. The van der Waals surface area contributed by atoms with E-state index in [4.69, 9.17) is 0 Å². The first-order chi connectivity index (χ1) is 14.5. The number of hydrogen-bond donors (Lipinski definition) is 1. The smallest absolute Gasteiger partial charge is 0.247 e. The Balaban J connectivity index is 1.96. The van der Waals surface area contributed by atoms with Crippen molar-refractivity contribution in [2.24, 2.45) is 0 Å². The summed E-state index contributed by atoms with van der Waals surface area (Å²) in [6.45, 7) is 5.29. The van der Waals surface area contributed by atoms with E-state index in [2.05, 4.69) is 5.32 Å². The summed E-state index contributed by atoms with van der Waals surface area (Å²) >= 11 is 0. The maximum absolute atomic E-state index is 13.6. The Kier molecular flexibility index (Phi) is 7.11. The van der Waals surface area contributed by atoms with Gasteiger partial charge in [0.25, 0.3) is 0 Å². The molecule has 1 heterocycles. The summed E-state index contributed by atoms with van der Waals surface area (Å²) < 4.78 is 25.7. The zero-order valence-corrected chi connectivity index (χ0v) is 19.9. The van der Waals surface area contributed by atoms with Crippen LogP contribution in [0.1, 0.15) is 63.0 Å². The van der Waals surface area contributed by atoms with Crippen LogP contribution in [0, 0.1) is 13.8 Å². The van der Waals surface area contributed by atoms with Gasteiger partial charge in [-0.2, -0.15) is 4.31 Å². The lowest BCUT2D eigenvalue weighted by Crippen LogP contribution is -2.70. The number of piperazine rings is 1. The van der Waals surface area contributed by atoms with Crippen LogP contribution in [0.15, 0.2) is 18.2 Å². The number of benzene rings is 1. The summed E-state index contributed by atoms with van der Waals surface area (Å²) in [5, 5.41) is 3.16. The summed E-state index contributed by atoms with van der Waals surface area (Å²) in [5.74, 6) is -0.687. The number of carbonyl (C=O) groups is 2. The van der Waals surface area contributed by atoms with Crippen LogP contribution >= 0.6 is 0 Å². The van der Waals surface area contributed by atoms with Gasteiger partial charge in [0.2, 0.25) is 21.8 Å². The summed E-state index contributed by atoms with van der Waals surface area (Å²) in [6.07, 6.45) is 8.60. The van der Waals surface area contributed by atoms with Crippen LogP contribution in [-0.4, -0.2) is 55.5 Å². The number of nitrogens with zero attached hydrogens (tertiary/aromatic N) is 2. The van der Waals surface area contributed by atoms with Gasteiger partial charge in [-0.25, -0.2) is 8.42 Å². The number of rotatable bonds is 4. The van der Waals surface area contributed by atoms with E-state index in [1.165, 1.54) is 24.2 Å². The van der Waals surface area contributed by atoms with Crippen molar-refractivity contribution in [3.63, 3.8) is 0 Å². The summed E-state index contributed by atoms with van der Waals surface area (Å²) in [5.41, 5.74) is 1.39. The first kappa shape index (κ1) is 23.7. The van der Waals surface area contributed by atoms with Crippen LogP contribution in [-0.2, 0) is 19.6 Å². The third-order valence-corrected chi connectivity index (χ3v) is 7.88. The number of hydrogen-bond acceptors (Lipinski definition) is 4. The molecular weight excluding hydrogens is 414 g/mol. The fraction of sp³-hybridized carbons (Fsp3) is 0.652. The van der Waals surface area contributed by atoms with Crippen LogP contribution < -0.4 is 10.2 Å². The number of amides is 2. The van der Waals surface area contributed by atoms with E-state index in [1.807, 2.05) is 32.0 Å². The van der Waals surface area contributed by atoms with Crippen molar-refractivity contribution >= 4 is 27.5 Å². The van der Waals surface area contributed by atoms with E-state index in [9.17, 15) is 18.0 Å². The molecule has 0 unspecified atom stereocenters. The Bertz CT molecular complexity index is 938. The maximum Gasteiger partial charge on any atom is 0.247 e. The third-order valence-electron chi connectivity index (χ3n) is 6.69. The highest BCUT2D eigenvalue weighted by atomic mass is 32.2. The Morgan fingerprint density at radius 1 is 1.06 bits per heavy atom. The number of nitrogens with one attached hydrogen (secondary N) is 1. The molecule has 1 saturated heterocycles. The molecule has 1 aliphatic heterocycles. The predicted octanol–water partition coefficient (Wildman–Crippen LogP) is 2.90.